The largest absolute Gasteiger partial charge is 0.316 e. The van der Waals surface area contributed by atoms with Crippen LogP contribution in [0.25, 0.3) is 0 Å². The van der Waals surface area contributed by atoms with E-state index in [1.165, 1.54) is 18.1 Å². The Morgan fingerprint density at radius 1 is 1.25 bits per heavy atom. The number of hydrogen-bond acceptors (Lipinski definition) is 3. The lowest BCUT2D eigenvalue weighted by molar-refractivity contribution is 0.391. The molecule has 2 aliphatic heterocycles. The van der Waals surface area contributed by atoms with Crippen molar-refractivity contribution >= 4 is 0 Å². The van der Waals surface area contributed by atoms with Crippen molar-refractivity contribution in [1.29, 1.82) is 0 Å². The van der Waals surface area contributed by atoms with E-state index in [0.717, 1.165) is 32.0 Å². The molecule has 2 aliphatic rings. The number of rotatable bonds is 1. The van der Waals surface area contributed by atoms with Crippen LogP contribution in [0.15, 0.2) is 0 Å². The maximum Gasteiger partial charge on any atom is 0.137 e. The Morgan fingerprint density at radius 3 is 2.88 bits per heavy atom. The van der Waals surface area contributed by atoms with E-state index in [2.05, 4.69) is 33.9 Å². The van der Waals surface area contributed by atoms with Crippen molar-refractivity contribution in [2.45, 2.75) is 39.2 Å². The Balaban J connectivity index is 1.91. The molecule has 0 aliphatic carbocycles. The van der Waals surface area contributed by atoms with Gasteiger partial charge in [-0.05, 0) is 24.8 Å². The van der Waals surface area contributed by atoms with E-state index < -0.39 is 0 Å². The molecule has 88 valence electrons. The molecule has 1 N–H and O–H groups in total. The SMILES string of the molecule is CC1CCn2c(nnc2[C@@H]2CNC[C@H]2C)C1. The fraction of sp³-hybridized carbons (Fsp3) is 0.833. The third-order valence-electron chi connectivity index (χ3n) is 4.08. The van der Waals surface area contributed by atoms with Crippen molar-refractivity contribution in [2.75, 3.05) is 13.1 Å². The number of hydrogen-bond donors (Lipinski definition) is 1. The zero-order valence-corrected chi connectivity index (χ0v) is 10.1. The van der Waals surface area contributed by atoms with E-state index >= 15 is 0 Å². The Bertz CT molecular complexity index is 384. The predicted molar refractivity (Wildman–Crippen MR) is 62.3 cm³/mol. The Kier molecular flexibility index (Phi) is 2.46. The fourth-order valence-corrected chi connectivity index (χ4v) is 2.94. The van der Waals surface area contributed by atoms with Crippen LogP contribution in [-0.2, 0) is 13.0 Å². The fourth-order valence-electron chi connectivity index (χ4n) is 2.94. The highest BCUT2D eigenvalue weighted by Crippen LogP contribution is 2.29. The first-order valence-corrected chi connectivity index (χ1v) is 6.38. The molecule has 4 heteroatoms. The average Bonchev–Trinajstić information content (AvgIpc) is 2.83. The first kappa shape index (κ1) is 10.3. The summed E-state index contributed by atoms with van der Waals surface area (Å²) in [5.74, 6) is 4.44. The molecule has 3 rings (SSSR count). The summed E-state index contributed by atoms with van der Waals surface area (Å²) in [6.45, 7) is 7.90. The van der Waals surface area contributed by atoms with Gasteiger partial charge in [-0.25, -0.2) is 0 Å². The molecule has 0 radical (unpaired) electrons. The quantitative estimate of drug-likeness (QED) is 0.773. The summed E-state index contributed by atoms with van der Waals surface area (Å²) in [4.78, 5) is 0. The van der Waals surface area contributed by atoms with Crippen LogP contribution in [0.3, 0.4) is 0 Å². The molecule has 16 heavy (non-hydrogen) atoms. The maximum atomic E-state index is 4.44. The van der Waals surface area contributed by atoms with Crippen LogP contribution >= 0.6 is 0 Å². The average molecular weight is 220 g/mol. The van der Waals surface area contributed by atoms with Crippen LogP contribution in [0, 0.1) is 11.8 Å². The Hall–Kier alpha value is -0.900. The van der Waals surface area contributed by atoms with E-state index in [-0.39, 0.29) is 0 Å². The van der Waals surface area contributed by atoms with Gasteiger partial charge in [-0.3, -0.25) is 0 Å². The molecule has 0 amide bonds. The minimum absolute atomic E-state index is 0.564. The summed E-state index contributed by atoms with van der Waals surface area (Å²) >= 11 is 0. The van der Waals surface area contributed by atoms with Gasteiger partial charge in [0, 0.05) is 25.4 Å². The summed E-state index contributed by atoms with van der Waals surface area (Å²) in [5, 5.41) is 12.3. The molecule has 1 fully saturated rings. The van der Waals surface area contributed by atoms with E-state index in [1.807, 2.05) is 0 Å². The summed E-state index contributed by atoms with van der Waals surface area (Å²) in [6, 6.07) is 0. The van der Waals surface area contributed by atoms with Gasteiger partial charge >= 0.3 is 0 Å². The second kappa shape index (κ2) is 3.84. The number of nitrogens with zero attached hydrogens (tertiary/aromatic N) is 3. The molecule has 1 saturated heterocycles. The van der Waals surface area contributed by atoms with Crippen molar-refractivity contribution in [1.82, 2.24) is 20.1 Å². The second-order valence-corrected chi connectivity index (χ2v) is 5.47. The van der Waals surface area contributed by atoms with Gasteiger partial charge in [-0.2, -0.15) is 0 Å². The highest BCUT2D eigenvalue weighted by atomic mass is 15.3. The van der Waals surface area contributed by atoms with Gasteiger partial charge in [0.05, 0.1) is 0 Å². The molecule has 3 atom stereocenters. The number of nitrogens with one attached hydrogen (secondary N) is 1. The van der Waals surface area contributed by atoms with Crippen LogP contribution in [0.1, 0.15) is 37.8 Å². The smallest absolute Gasteiger partial charge is 0.137 e. The summed E-state index contributed by atoms with van der Waals surface area (Å²) in [6.07, 6.45) is 2.37. The normalized spacial score (nSPS) is 34.0. The monoisotopic (exact) mass is 220 g/mol. The van der Waals surface area contributed by atoms with Crippen LogP contribution in [0.2, 0.25) is 0 Å². The highest BCUT2D eigenvalue weighted by Gasteiger charge is 2.31. The molecule has 1 unspecified atom stereocenters. The van der Waals surface area contributed by atoms with E-state index in [1.54, 1.807) is 0 Å². The van der Waals surface area contributed by atoms with Gasteiger partial charge in [0.15, 0.2) is 0 Å². The Morgan fingerprint density at radius 2 is 2.12 bits per heavy atom. The van der Waals surface area contributed by atoms with E-state index in [0.29, 0.717) is 11.8 Å². The lowest BCUT2D eigenvalue weighted by Gasteiger charge is -2.22. The highest BCUT2D eigenvalue weighted by molar-refractivity contribution is 5.09. The number of aromatic nitrogens is 3. The molecule has 4 nitrogen and oxygen atoms in total. The zero-order chi connectivity index (χ0) is 11.1. The Labute approximate surface area is 96.4 Å². The topological polar surface area (TPSA) is 42.7 Å². The minimum atomic E-state index is 0.564. The van der Waals surface area contributed by atoms with Crippen molar-refractivity contribution in [2.24, 2.45) is 11.8 Å². The second-order valence-electron chi connectivity index (χ2n) is 5.47. The first-order valence-electron chi connectivity index (χ1n) is 6.38. The third kappa shape index (κ3) is 1.56. The molecule has 1 aromatic heterocycles. The van der Waals surface area contributed by atoms with Crippen LogP contribution in [0.5, 0.6) is 0 Å². The molecule has 3 heterocycles. The van der Waals surface area contributed by atoms with Crippen LogP contribution < -0.4 is 5.32 Å². The van der Waals surface area contributed by atoms with Gasteiger partial charge in [-0.1, -0.05) is 13.8 Å². The lowest BCUT2D eigenvalue weighted by atomic mass is 9.95. The molecular formula is C12H20N4. The molecular weight excluding hydrogens is 200 g/mol. The number of fused-ring (bicyclic) bond motifs is 1. The minimum Gasteiger partial charge on any atom is -0.316 e. The van der Waals surface area contributed by atoms with E-state index in [4.69, 9.17) is 0 Å². The summed E-state index contributed by atoms with van der Waals surface area (Å²) in [5.41, 5.74) is 0. The summed E-state index contributed by atoms with van der Waals surface area (Å²) < 4.78 is 2.37. The first-order chi connectivity index (χ1) is 7.75. The third-order valence-corrected chi connectivity index (χ3v) is 4.08. The van der Waals surface area contributed by atoms with Gasteiger partial charge in [-0.15, -0.1) is 10.2 Å². The molecule has 0 saturated carbocycles. The zero-order valence-electron chi connectivity index (χ0n) is 10.1. The standard InChI is InChI=1S/C12H20N4/c1-8-3-4-16-11(5-8)14-15-12(16)10-7-13-6-9(10)2/h8-10,13H,3-7H2,1-2H3/t8?,9-,10-/m1/s1. The van der Waals surface area contributed by atoms with Gasteiger partial charge in [0.1, 0.15) is 11.6 Å². The van der Waals surface area contributed by atoms with Gasteiger partial charge < -0.3 is 9.88 Å². The van der Waals surface area contributed by atoms with Crippen LogP contribution in [-0.4, -0.2) is 27.9 Å². The van der Waals surface area contributed by atoms with Crippen molar-refractivity contribution in [3.8, 4) is 0 Å². The van der Waals surface area contributed by atoms with E-state index in [9.17, 15) is 0 Å². The maximum absolute atomic E-state index is 4.44. The van der Waals surface area contributed by atoms with Crippen molar-refractivity contribution in [3.63, 3.8) is 0 Å². The molecule has 0 aromatic carbocycles. The van der Waals surface area contributed by atoms with Crippen LogP contribution in [0.4, 0.5) is 0 Å². The molecule has 0 bridgehead atoms. The van der Waals surface area contributed by atoms with Crippen molar-refractivity contribution < 1.29 is 0 Å². The van der Waals surface area contributed by atoms with Gasteiger partial charge in [0.2, 0.25) is 0 Å². The molecule has 1 aromatic rings. The van der Waals surface area contributed by atoms with Crippen molar-refractivity contribution in [3.05, 3.63) is 11.6 Å². The van der Waals surface area contributed by atoms with Gasteiger partial charge in [0.25, 0.3) is 0 Å². The summed E-state index contributed by atoms with van der Waals surface area (Å²) in [7, 11) is 0. The predicted octanol–water partition coefficient (Wildman–Crippen LogP) is 1.18. The lowest BCUT2D eigenvalue weighted by Crippen LogP contribution is -2.22. The molecule has 0 spiro atoms.